The van der Waals surface area contributed by atoms with Gasteiger partial charge in [0.2, 0.25) is 5.95 Å². The maximum Gasteiger partial charge on any atom is 0.223 e. The number of nitrogens with zero attached hydrogens (tertiary/aromatic N) is 2. The molecule has 1 aromatic carbocycles. The van der Waals surface area contributed by atoms with Gasteiger partial charge in [0.1, 0.15) is 10.6 Å². The van der Waals surface area contributed by atoms with Crippen LogP contribution in [0, 0.1) is 6.92 Å². The molecule has 6 heteroatoms. The number of anilines is 3. The first-order valence-electron chi connectivity index (χ1n) is 5.67. The number of nitrogens with two attached hydrogens (primary N) is 1. The first kappa shape index (κ1) is 12.2. The van der Waals surface area contributed by atoms with Gasteiger partial charge < -0.3 is 11.1 Å². The Morgan fingerprint density at radius 1 is 1.26 bits per heavy atom. The minimum absolute atomic E-state index is 0.251. The Morgan fingerprint density at radius 2 is 2.11 bits per heavy atom. The Bertz CT molecular complexity index is 753. The van der Waals surface area contributed by atoms with E-state index in [2.05, 4.69) is 15.3 Å². The Balaban J connectivity index is 2.10. The summed E-state index contributed by atoms with van der Waals surface area (Å²) in [5, 5.41) is 6.77. The van der Waals surface area contributed by atoms with Gasteiger partial charge >= 0.3 is 0 Å². The molecule has 0 atom stereocenters. The van der Waals surface area contributed by atoms with Gasteiger partial charge in [-0.3, -0.25) is 0 Å². The number of nitrogens with one attached hydrogen (secondary N) is 1. The molecule has 0 unspecified atom stereocenters. The van der Waals surface area contributed by atoms with E-state index in [0.29, 0.717) is 10.8 Å². The highest BCUT2D eigenvalue weighted by Crippen LogP contribution is 2.31. The zero-order valence-electron chi connectivity index (χ0n) is 10.1. The first-order chi connectivity index (χ1) is 9.13. The van der Waals surface area contributed by atoms with Crippen molar-refractivity contribution in [2.75, 3.05) is 11.1 Å². The molecule has 0 amide bonds. The van der Waals surface area contributed by atoms with E-state index in [1.165, 1.54) is 11.3 Å². The Labute approximate surface area is 119 Å². The van der Waals surface area contributed by atoms with E-state index in [-0.39, 0.29) is 5.95 Å². The molecule has 3 N–H and O–H groups in total. The molecule has 96 valence electrons. The molecule has 0 aliphatic rings. The van der Waals surface area contributed by atoms with Crippen LogP contribution in [0.25, 0.3) is 10.2 Å². The summed E-state index contributed by atoms with van der Waals surface area (Å²) in [6.45, 7) is 2.01. The van der Waals surface area contributed by atoms with E-state index in [1.807, 2.05) is 36.6 Å². The molecule has 19 heavy (non-hydrogen) atoms. The minimum Gasteiger partial charge on any atom is -0.368 e. The van der Waals surface area contributed by atoms with Crippen molar-refractivity contribution in [3.63, 3.8) is 0 Å². The molecule has 2 aromatic heterocycles. The second-order valence-electron chi connectivity index (χ2n) is 4.18. The van der Waals surface area contributed by atoms with Crippen molar-refractivity contribution in [3.05, 3.63) is 40.2 Å². The Morgan fingerprint density at radius 3 is 2.95 bits per heavy atom. The van der Waals surface area contributed by atoms with Gasteiger partial charge in [-0.2, -0.15) is 4.98 Å². The van der Waals surface area contributed by atoms with Crippen LogP contribution in [0.4, 0.5) is 17.5 Å². The second-order valence-corrected chi connectivity index (χ2v) is 5.48. The fraction of sp³-hybridized carbons (Fsp3) is 0.0769. The van der Waals surface area contributed by atoms with Crippen LogP contribution < -0.4 is 11.1 Å². The number of hydrogen-bond donors (Lipinski definition) is 2. The standard InChI is InChI=1S/C13H11ClN4S/c1-7-2-3-9(14)10(6-7)16-11-8-4-5-19-12(8)18-13(15)17-11/h2-6H,1H3,(H3,15,16,17,18). The van der Waals surface area contributed by atoms with Crippen molar-refractivity contribution in [2.24, 2.45) is 0 Å². The molecular weight excluding hydrogens is 280 g/mol. The monoisotopic (exact) mass is 290 g/mol. The maximum absolute atomic E-state index is 6.18. The lowest BCUT2D eigenvalue weighted by atomic mass is 10.2. The van der Waals surface area contributed by atoms with Gasteiger partial charge in [0.25, 0.3) is 0 Å². The number of aryl methyl sites for hydroxylation is 1. The van der Waals surface area contributed by atoms with Crippen LogP contribution in [0.5, 0.6) is 0 Å². The van der Waals surface area contributed by atoms with Crippen molar-refractivity contribution < 1.29 is 0 Å². The van der Waals surface area contributed by atoms with E-state index >= 15 is 0 Å². The third-order valence-corrected chi connectivity index (χ3v) is 3.85. The fourth-order valence-corrected chi connectivity index (χ4v) is 2.77. The summed E-state index contributed by atoms with van der Waals surface area (Å²) in [7, 11) is 0. The third-order valence-electron chi connectivity index (χ3n) is 2.72. The molecule has 0 aliphatic carbocycles. The largest absolute Gasteiger partial charge is 0.368 e. The molecule has 0 spiro atoms. The van der Waals surface area contributed by atoms with Crippen molar-refractivity contribution in [3.8, 4) is 0 Å². The molecule has 0 radical (unpaired) electrons. The molecule has 0 bridgehead atoms. The van der Waals surface area contributed by atoms with Crippen LogP contribution >= 0.6 is 22.9 Å². The van der Waals surface area contributed by atoms with Crippen LogP contribution in [0.3, 0.4) is 0 Å². The Hall–Kier alpha value is -1.85. The van der Waals surface area contributed by atoms with Crippen molar-refractivity contribution in [2.45, 2.75) is 6.92 Å². The van der Waals surface area contributed by atoms with E-state index in [1.54, 1.807) is 0 Å². The normalized spacial score (nSPS) is 10.8. The van der Waals surface area contributed by atoms with Gasteiger partial charge in [-0.15, -0.1) is 11.3 Å². The molecule has 4 nitrogen and oxygen atoms in total. The van der Waals surface area contributed by atoms with Crippen LogP contribution in [-0.2, 0) is 0 Å². The Kier molecular flexibility index (Phi) is 3.00. The number of hydrogen-bond acceptors (Lipinski definition) is 5. The number of fused-ring (bicyclic) bond motifs is 1. The number of thiophene rings is 1. The lowest BCUT2D eigenvalue weighted by Crippen LogP contribution is -2.00. The average molecular weight is 291 g/mol. The molecule has 3 rings (SSSR count). The molecule has 0 saturated carbocycles. The smallest absolute Gasteiger partial charge is 0.223 e. The minimum atomic E-state index is 0.251. The van der Waals surface area contributed by atoms with Crippen molar-refractivity contribution >= 4 is 50.6 Å². The summed E-state index contributed by atoms with van der Waals surface area (Å²) in [6.07, 6.45) is 0. The summed E-state index contributed by atoms with van der Waals surface area (Å²) < 4.78 is 0. The SMILES string of the molecule is Cc1ccc(Cl)c(Nc2nc(N)nc3sccc23)c1. The van der Waals surface area contributed by atoms with Crippen LogP contribution in [0.2, 0.25) is 5.02 Å². The number of benzene rings is 1. The molecular formula is C13H11ClN4S. The van der Waals surface area contributed by atoms with Gasteiger partial charge in [0.15, 0.2) is 0 Å². The quantitative estimate of drug-likeness (QED) is 0.749. The average Bonchev–Trinajstić information content (AvgIpc) is 2.82. The van der Waals surface area contributed by atoms with Crippen molar-refractivity contribution in [1.82, 2.24) is 9.97 Å². The van der Waals surface area contributed by atoms with Gasteiger partial charge in [-0.05, 0) is 36.1 Å². The fourth-order valence-electron chi connectivity index (χ4n) is 1.83. The molecule has 2 heterocycles. The summed E-state index contributed by atoms with van der Waals surface area (Å²) >= 11 is 7.71. The number of nitrogen functional groups attached to an aromatic ring is 1. The molecule has 3 aromatic rings. The van der Waals surface area contributed by atoms with E-state index in [4.69, 9.17) is 17.3 Å². The van der Waals surface area contributed by atoms with Gasteiger partial charge in [0.05, 0.1) is 16.1 Å². The summed E-state index contributed by atoms with van der Waals surface area (Å²) in [6, 6.07) is 7.75. The second kappa shape index (κ2) is 4.68. The highest BCUT2D eigenvalue weighted by molar-refractivity contribution is 7.16. The first-order valence-corrected chi connectivity index (χ1v) is 6.93. The molecule has 0 fully saturated rings. The number of rotatable bonds is 2. The van der Waals surface area contributed by atoms with E-state index < -0.39 is 0 Å². The number of aromatic nitrogens is 2. The predicted molar refractivity (Wildman–Crippen MR) is 81.3 cm³/mol. The van der Waals surface area contributed by atoms with E-state index in [0.717, 1.165) is 21.5 Å². The maximum atomic E-state index is 6.18. The van der Waals surface area contributed by atoms with Gasteiger partial charge in [-0.1, -0.05) is 17.7 Å². The molecule has 0 aliphatic heterocycles. The predicted octanol–water partition coefficient (Wildman–Crippen LogP) is 3.98. The van der Waals surface area contributed by atoms with E-state index in [9.17, 15) is 0 Å². The summed E-state index contributed by atoms with van der Waals surface area (Å²) in [5.41, 5.74) is 7.65. The topological polar surface area (TPSA) is 63.8 Å². The highest BCUT2D eigenvalue weighted by Gasteiger charge is 2.09. The summed E-state index contributed by atoms with van der Waals surface area (Å²) in [5.74, 6) is 0.928. The van der Waals surface area contributed by atoms with Crippen molar-refractivity contribution in [1.29, 1.82) is 0 Å². The van der Waals surface area contributed by atoms with Crippen LogP contribution in [0.1, 0.15) is 5.56 Å². The lowest BCUT2D eigenvalue weighted by molar-refractivity contribution is 1.24. The highest BCUT2D eigenvalue weighted by atomic mass is 35.5. The zero-order chi connectivity index (χ0) is 13.4. The number of halogens is 1. The zero-order valence-corrected chi connectivity index (χ0v) is 11.7. The summed E-state index contributed by atoms with van der Waals surface area (Å²) in [4.78, 5) is 9.29. The molecule has 0 saturated heterocycles. The van der Waals surface area contributed by atoms with Crippen LogP contribution in [-0.4, -0.2) is 9.97 Å². The third kappa shape index (κ3) is 2.34. The van der Waals surface area contributed by atoms with Gasteiger partial charge in [-0.25, -0.2) is 4.98 Å². The lowest BCUT2D eigenvalue weighted by Gasteiger charge is -2.10. The van der Waals surface area contributed by atoms with Gasteiger partial charge in [0, 0.05) is 0 Å². The van der Waals surface area contributed by atoms with Crippen LogP contribution in [0.15, 0.2) is 29.6 Å².